The molecule has 1 aliphatic carbocycles. The molecule has 2 unspecified atom stereocenters. The van der Waals surface area contributed by atoms with Gasteiger partial charge >= 0.3 is 0 Å². The van der Waals surface area contributed by atoms with Crippen LogP contribution in [0.25, 0.3) is 149 Å². The van der Waals surface area contributed by atoms with E-state index in [1.807, 2.05) is 0 Å². The maximum absolute atomic E-state index is 2.60. The number of hydrogen-bond acceptors (Lipinski definition) is 1. The molecule has 13 aromatic carbocycles. The molecule has 20 rings (SSSR count). The number of aromatic nitrogens is 5. The number of allylic oxidation sites excluding steroid dienone is 2. The molecule has 0 saturated carbocycles. The van der Waals surface area contributed by atoms with Crippen molar-refractivity contribution in [3.8, 4) is 39.6 Å². The lowest BCUT2D eigenvalue weighted by Gasteiger charge is -2.28. The summed E-state index contributed by atoms with van der Waals surface area (Å²) in [6.45, 7) is 0. The number of nitrogens with zero attached hydrogens (tertiary/aromatic N) is 6. The molecule has 0 fully saturated rings. The smallest absolute Gasteiger partial charge is 0.0641 e. The maximum atomic E-state index is 2.60. The van der Waals surface area contributed by atoms with Crippen LogP contribution < -0.4 is 4.90 Å². The minimum absolute atomic E-state index is 0.0914. The van der Waals surface area contributed by atoms with Crippen LogP contribution >= 0.6 is 0 Å². The Kier molecular flexibility index (Phi) is 10.3. The molecule has 0 radical (unpaired) electrons. The maximum Gasteiger partial charge on any atom is 0.0641 e. The van der Waals surface area contributed by atoms with E-state index in [0.717, 1.165) is 45.0 Å². The van der Waals surface area contributed by atoms with Gasteiger partial charge in [-0.15, -0.1) is 0 Å². The van der Waals surface area contributed by atoms with E-state index < -0.39 is 0 Å². The molecule has 2 aliphatic rings. The average molecular weight is 1150 g/mol. The monoisotopic (exact) mass is 1150 g/mol. The SMILES string of the molecule is C1=CC2c3c(ccc4c5ccccc5n(-c5ccccc5-c5ccc(-n6c7ccccc7c7c(-n8c9ccccc9c9c8ccc8c%10ccccc%10n(-c%10ccccc%10)c89)cccc76)cc5)c34)N(c3ccc4c(c3)c3ccccc3n4-c3ccccc3)C2C=C1. The molecule has 420 valence electrons. The van der Waals surface area contributed by atoms with Crippen molar-refractivity contribution in [2.75, 3.05) is 4.90 Å². The van der Waals surface area contributed by atoms with Crippen molar-refractivity contribution in [3.63, 3.8) is 0 Å². The molecule has 0 amide bonds. The first-order valence-electron chi connectivity index (χ1n) is 31.3. The fourth-order valence-corrected chi connectivity index (χ4v) is 16.2. The van der Waals surface area contributed by atoms with Crippen molar-refractivity contribution in [2.45, 2.75) is 12.0 Å². The normalized spacial score (nSPS) is 14.8. The summed E-state index contributed by atoms with van der Waals surface area (Å²) in [6, 6.07) is 108. The number of rotatable bonds is 7. The third-order valence-electron chi connectivity index (χ3n) is 19.8. The number of fused-ring (bicyclic) bond motifs is 20. The summed E-state index contributed by atoms with van der Waals surface area (Å²) in [6.07, 6.45) is 9.32. The second-order valence-corrected chi connectivity index (χ2v) is 24.3. The van der Waals surface area contributed by atoms with E-state index in [-0.39, 0.29) is 12.0 Å². The zero-order chi connectivity index (χ0) is 58.7. The third kappa shape index (κ3) is 6.76. The highest BCUT2D eigenvalue weighted by Gasteiger charge is 2.40. The predicted octanol–water partition coefficient (Wildman–Crippen LogP) is 21.6. The molecule has 6 heteroatoms. The Morgan fingerprint density at radius 2 is 0.711 bits per heavy atom. The minimum atomic E-state index is 0.0914. The van der Waals surface area contributed by atoms with Crippen LogP contribution in [0, 0.1) is 0 Å². The first kappa shape index (κ1) is 49.3. The highest BCUT2D eigenvalue weighted by atomic mass is 15.2. The second-order valence-electron chi connectivity index (χ2n) is 24.3. The van der Waals surface area contributed by atoms with Crippen LogP contribution in [-0.2, 0) is 0 Å². The second kappa shape index (κ2) is 18.8. The summed E-state index contributed by atoms with van der Waals surface area (Å²) < 4.78 is 12.4. The van der Waals surface area contributed by atoms with Gasteiger partial charge in [-0.05, 0) is 121 Å². The van der Waals surface area contributed by atoms with E-state index in [9.17, 15) is 0 Å². The molecule has 0 saturated heterocycles. The van der Waals surface area contributed by atoms with Crippen LogP contribution in [0.5, 0.6) is 0 Å². The number of hydrogen-bond donors (Lipinski definition) is 0. The Balaban J connectivity index is 0.741. The average Bonchev–Trinajstić information content (AvgIpc) is 1.56. The zero-order valence-electron chi connectivity index (χ0n) is 48.9. The summed E-state index contributed by atoms with van der Waals surface area (Å²) in [5.41, 5.74) is 23.8. The molecule has 0 bridgehead atoms. The topological polar surface area (TPSA) is 27.9 Å². The molecule has 90 heavy (non-hydrogen) atoms. The van der Waals surface area contributed by atoms with Gasteiger partial charge in [0.1, 0.15) is 0 Å². The van der Waals surface area contributed by atoms with E-state index in [0.29, 0.717) is 0 Å². The molecule has 0 N–H and O–H groups in total. The van der Waals surface area contributed by atoms with E-state index in [1.165, 1.54) is 120 Å². The molecule has 2 atom stereocenters. The van der Waals surface area contributed by atoms with Gasteiger partial charge in [-0.1, -0.05) is 200 Å². The van der Waals surface area contributed by atoms with Crippen LogP contribution in [0.3, 0.4) is 0 Å². The fourth-order valence-electron chi connectivity index (χ4n) is 16.2. The van der Waals surface area contributed by atoms with Crippen LogP contribution in [0.1, 0.15) is 11.5 Å². The van der Waals surface area contributed by atoms with E-state index in [4.69, 9.17) is 0 Å². The van der Waals surface area contributed by atoms with E-state index in [2.05, 4.69) is 343 Å². The van der Waals surface area contributed by atoms with E-state index >= 15 is 0 Å². The molecule has 1 aliphatic heterocycles. The third-order valence-corrected chi connectivity index (χ3v) is 19.8. The molecule has 18 aromatic rings. The lowest BCUT2D eigenvalue weighted by molar-refractivity contribution is 0.746. The van der Waals surface area contributed by atoms with Gasteiger partial charge in [0.05, 0.1) is 72.6 Å². The summed E-state index contributed by atoms with van der Waals surface area (Å²) in [5, 5.41) is 12.4. The van der Waals surface area contributed by atoms with Gasteiger partial charge in [-0.25, -0.2) is 0 Å². The van der Waals surface area contributed by atoms with Gasteiger partial charge in [0, 0.05) is 99.3 Å². The van der Waals surface area contributed by atoms with Gasteiger partial charge in [0.25, 0.3) is 0 Å². The van der Waals surface area contributed by atoms with Crippen molar-refractivity contribution < 1.29 is 0 Å². The van der Waals surface area contributed by atoms with Gasteiger partial charge in [-0.3, -0.25) is 0 Å². The van der Waals surface area contributed by atoms with Crippen molar-refractivity contribution in [1.29, 1.82) is 0 Å². The molecule has 0 spiro atoms. The van der Waals surface area contributed by atoms with Gasteiger partial charge < -0.3 is 27.7 Å². The van der Waals surface area contributed by atoms with Crippen molar-refractivity contribution in [3.05, 3.63) is 321 Å². The Morgan fingerprint density at radius 1 is 0.244 bits per heavy atom. The fraction of sp³-hybridized carbons (Fsp3) is 0.0238. The molecular weight excluding hydrogens is 1090 g/mol. The lowest BCUT2D eigenvalue weighted by Crippen LogP contribution is -2.28. The number of anilines is 2. The quantitative estimate of drug-likeness (QED) is 0.156. The summed E-state index contributed by atoms with van der Waals surface area (Å²) >= 11 is 0. The highest BCUT2D eigenvalue weighted by molar-refractivity contribution is 6.27. The van der Waals surface area contributed by atoms with E-state index in [1.54, 1.807) is 0 Å². The predicted molar refractivity (Wildman–Crippen MR) is 377 cm³/mol. The molecule has 6 heterocycles. The summed E-state index contributed by atoms with van der Waals surface area (Å²) in [7, 11) is 0. The van der Waals surface area contributed by atoms with Crippen LogP contribution in [0.15, 0.2) is 315 Å². The summed E-state index contributed by atoms with van der Waals surface area (Å²) in [4.78, 5) is 2.60. The lowest BCUT2D eigenvalue weighted by atomic mass is 9.90. The van der Waals surface area contributed by atoms with Crippen molar-refractivity contribution in [1.82, 2.24) is 22.8 Å². The highest BCUT2D eigenvalue weighted by Crippen LogP contribution is 2.54. The largest absolute Gasteiger partial charge is 0.333 e. The van der Waals surface area contributed by atoms with Gasteiger partial charge in [0.15, 0.2) is 0 Å². The number of benzene rings is 13. The van der Waals surface area contributed by atoms with Crippen LogP contribution in [0.4, 0.5) is 11.4 Å². The molecule has 6 nitrogen and oxygen atoms in total. The molecule has 5 aromatic heterocycles. The first-order valence-corrected chi connectivity index (χ1v) is 31.3. The zero-order valence-corrected chi connectivity index (χ0v) is 48.9. The minimum Gasteiger partial charge on any atom is -0.333 e. The van der Waals surface area contributed by atoms with Crippen LogP contribution in [-0.4, -0.2) is 28.9 Å². The van der Waals surface area contributed by atoms with Crippen molar-refractivity contribution >= 4 is 120 Å². The Bertz CT molecular complexity index is 6100. The Labute approximate surface area is 517 Å². The molecular formula is C84H54N6. The summed E-state index contributed by atoms with van der Waals surface area (Å²) in [5.74, 6) is 0.120. The van der Waals surface area contributed by atoms with Crippen LogP contribution in [0.2, 0.25) is 0 Å². The van der Waals surface area contributed by atoms with Gasteiger partial charge in [0.2, 0.25) is 0 Å². The van der Waals surface area contributed by atoms with Gasteiger partial charge in [-0.2, -0.15) is 0 Å². The van der Waals surface area contributed by atoms with Crippen molar-refractivity contribution in [2.24, 2.45) is 0 Å². The Morgan fingerprint density at radius 3 is 1.43 bits per heavy atom. The number of para-hydroxylation sites is 8. The first-order chi connectivity index (χ1) is 44.7. The standard InChI is InChI=1S/C84H54N6/c1-3-22-54(23-4-1)85-69-34-15-10-29-61(69)67-52-57(46-49-75(67)85)87-73-38-19-12-31-65(73)81-78(87)50-47-63-60-28-9-17-36-71(60)90(84(63)81)68-33-14-7-26-58(68)53-42-44-56(45-43-53)86-72-37-18-11-30-64(72)80-76(86)40-21-41-77(80)89-74-39-20-13-32-66(74)82-79(89)51-48-62-59-27-8-16-35-70(59)88(83(62)82)55-24-5-2-6-25-55/h1-52,65,73H. The Hall–Kier alpha value is -11.9.